The predicted octanol–water partition coefficient (Wildman–Crippen LogP) is 5.79. The number of allylic oxidation sites excluding steroid dienone is 1. The molecule has 2 aromatic rings. The summed E-state index contributed by atoms with van der Waals surface area (Å²) in [6.45, 7) is 8.40. The van der Waals surface area contributed by atoms with Crippen molar-refractivity contribution >= 4 is 40.4 Å². The number of halogens is 1. The molecule has 4 nitrogen and oxygen atoms in total. The average molecular weight is 470 g/mol. The standard InChI is InChI=1S/C26H28ClNO3S/c1-15-5-4-6-23(24(30)9-15)28-13-20-21(26(28)31)14-32-25(20)8-7-19(29)11-18-12-22(27)17(3)10-16(18)2/h10,12,14,23H,1,4-9,11,13H2,2-3H3/t23-/m0/s1. The molecule has 0 bridgehead atoms. The number of amides is 1. The fourth-order valence-corrected chi connectivity index (χ4v) is 5.96. The van der Waals surface area contributed by atoms with Crippen LogP contribution in [-0.2, 0) is 29.0 Å². The van der Waals surface area contributed by atoms with E-state index in [-0.39, 0.29) is 23.5 Å². The van der Waals surface area contributed by atoms with Crippen molar-refractivity contribution in [3.8, 4) is 0 Å². The number of benzene rings is 1. The van der Waals surface area contributed by atoms with Gasteiger partial charge in [0.25, 0.3) is 5.91 Å². The number of carbonyl (C=O) groups excluding carboxylic acids is 3. The topological polar surface area (TPSA) is 54.5 Å². The Morgan fingerprint density at radius 3 is 2.81 bits per heavy atom. The van der Waals surface area contributed by atoms with E-state index in [9.17, 15) is 14.4 Å². The van der Waals surface area contributed by atoms with Gasteiger partial charge in [-0.2, -0.15) is 0 Å². The third kappa shape index (κ3) is 4.60. The van der Waals surface area contributed by atoms with Gasteiger partial charge < -0.3 is 4.90 Å². The summed E-state index contributed by atoms with van der Waals surface area (Å²) in [4.78, 5) is 41.2. The van der Waals surface area contributed by atoms with Crippen LogP contribution in [0.3, 0.4) is 0 Å². The molecule has 1 aromatic carbocycles. The number of carbonyl (C=O) groups is 3. The first-order valence-electron chi connectivity index (χ1n) is 11.1. The number of hydrogen-bond donors (Lipinski definition) is 0. The highest BCUT2D eigenvalue weighted by Crippen LogP contribution is 2.35. The molecule has 1 aliphatic heterocycles. The van der Waals surface area contributed by atoms with Crippen molar-refractivity contribution in [2.45, 2.75) is 71.4 Å². The highest BCUT2D eigenvalue weighted by Gasteiger charge is 2.38. The molecule has 1 aromatic heterocycles. The van der Waals surface area contributed by atoms with Crippen molar-refractivity contribution in [1.29, 1.82) is 0 Å². The molecule has 0 spiro atoms. The van der Waals surface area contributed by atoms with Gasteiger partial charge in [-0.1, -0.05) is 29.8 Å². The summed E-state index contributed by atoms with van der Waals surface area (Å²) in [5.41, 5.74) is 5.72. The monoisotopic (exact) mass is 469 g/mol. The molecule has 0 radical (unpaired) electrons. The van der Waals surface area contributed by atoms with Crippen LogP contribution >= 0.6 is 22.9 Å². The molecule has 1 saturated carbocycles. The third-order valence-corrected chi connectivity index (χ3v) is 8.11. The second kappa shape index (κ2) is 9.32. The van der Waals surface area contributed by atoms with Crippen LogP contribution in [0.4, 0.5) is 0 Å². The van der Waals surface area contributed by atoms with Crippen molar-refractivity contribution in [1.82, 2.24) is 4.90 Å². The maximum Gasteiger partial charge on any atom is 0.255 e. The van der Waals surface area contributed by atoms with Crippen LogP contribution in [0.2, 0.25) is 5.02 Å². The van der Waals surface area contributed by atoms with Crippen molar-refractivity contribution in [3.63, 3.8) is 0 Å². The summed E-state index contributed by atoms with van der Waals surface area (Å²) >= 11 is 7.78. The van der Waals surface area contributed by atoms with Crippen LogP contribution < -0.4 is 0 Å². The zero-order chi connectivity index (χ0) is 23.0. The number of ketones is 2. The highest BCUT2D eigenvalue weighted by molar-refractivity contribution is 7.10. The Morgan fingerprint density at radius 2 is 2.03 bits per heavy atom. The van der Waals surface area contributed by atoms with Gasteiger partial charge in [0, 0.05) is 41.1 Å². The lowest BCUT2D eigenvalue weighted by Crippen LogP contribution is -2.40. The Balaban J connectivity index is 1.41. The fourth-order valence-electron chi connectivity index (χ4n) is 4.73. The van der Waals surface area contributed by atoms with E-state index in [1.54, 1.807) is 16.2 Å². The molecule has 2 aliphatic rings. The number of Topliss-reactive ketones (excluding diaryl/α,β-unsaturated/α-hetero) is 2. The third-order valence-electron chi connectivity index (χ3n) is 6.62. The van der Waals surface area contributed by atoms with Crippen LogP contribution in [0.25, 0.3) is 0 Å². The summed E-state index contributed by atoms with van der Waals surface area (Å²) in [6.07, 6.45) is 4.21. The Kier molecular flexibility index (Phi) is 6.68. The molecule has 0 unspecified atom stereocenters. The lowest BCUT2D eigenvalue weighted by molar-refractivity contribution is -0.123. The zero-order valence-electron chi connectivity index (χ0n) is 18.6. The zero-order valence-corrected chi connectivity index (χ0v) is 20.2. The molecule has 1 aliphatic carbocycles. The minimum atomic E-state index is -0.358. The minimum absolute atomic E-state index is 0.0513. The molecular weight excluding hydrogens is 442 g/mol. The van der Waals surface area contributed by atoms with Gasteiger partial charge in [-0.3, -0.25) is 14.4 Å². The summed E-state index contributed by atoms with van der Waals surface area (Å²) in [5.74, 6) is 0.206. The molecular formula is C26H28ClNO3S. The van der Waals surface area contributed by atoms with Gasteiger partial charge in [-0.15, -0.1) is 11.3 Å². The van der Waals surface area contributed by atoms with Crippen molar-refractivity contribution < 1.29 is 14.4 Å². The first-order valence-corrected chi connectivity index (χ1v) is 12.4. The number of rotatable bonds is 6. The largest absolute Gasteiger partial charge is 0.324 e. The Hall–Kier alpha value is -2.24. The van der Waals surface area contributed by atoms with Crippen LogP contribution in [0.5, 0.6) is 0 Å². The van der Waals surface area contributed by atoms with Crippen LogP contribution in [0, 0.1) is 13.8 Å². The van der Waals surface area contributed by atoms with E-state index < -0.39 is 0 Å². The fraction of sp³-hybridized carbons (Fsp3) is 0.423. The number of nitrogens with zero attached hydrogens (tertiary/aromatic N) is 1. The van der Waals surface area contributed by atoms with Crippen molar-refractivity contribution in [3.05, 3.63) is 67.4 Å². The maximum absolute atomic E-state index is 13.0. The van der Waals surface area contributed by atoms with E-state index >= 15 is 0 Å². The molecule has 168 valence electrons. The number of thiophene rings is 1. The Labute approximate surface area is 198 Å². The lowest BCUT2D eigenvalue weighted by Gasteiger charge is -2.25. The molecule has 32 heavy (non-hydrogen) atoms. The van der Waals surface area contributed by atoms with Gasteiger partial charge in [-0.05, 0) is 67.9 Å². The first kappa shape index (κ1) is 22.9. The summed E-state index contributed by atoms with van der Waals surface area (Å²) in [6, 6.07) is 3.55. The smallest absolute Gasteiger partial charge is 0.255 e. The van der Waals surface area contributed by atoms with E-state index in [2.05, 4.69) is 6.58 Å². The van der Waals surface area contributed by atoms with Crippen molar-refractivity contribution in [2.24, 2.45) is 0 Å². The lowest BCUT2D eigenvalue weighted by atomic mass is 9.99. The summed E-state index contributed by atoms with van der Waals surface area (Å²) in [7, 11) is 0. The summed E-state index contributed by atoms with van der Waals surface area (Å²) in [5, 5.41) is 2.58. The molecule has 4 rings (SSSR count). The van der Waals surface area contributed by atoms with Crippen LogP contribution in [0.15, 0.2) is 29.7 Å². The molecule has 0 N–H and O–H groups in total. The van der Waals surface area contributed by atoms with E-state index in [4.69, 9.17) is 11.6 Å². The van der Waals surface area contributed by atoms with Crippen LogP contribution in [-0.4, -0.2) is 28.4 Å². The van der Waals surface area contributed by atoms with Gasteiger partial charge in [-0.25, -0.2) is 0 Å². The van der Waals surface area contributed by atoms with E-state index in [0.29, 0.717) is 49.2 Å². The Bertz CT molecular complexity index is 1120. The second-order valence-electron chi connectivity index (χ2n) is 9.03. The molecule has 1 amide bonds. The van der Waals surface area contributed by atoms with E-state index in [1.165, 1.54) is 0 Å². The second-order valence-corrected chi connectivity index (χ2v) is 10.4. The quantitative estimate of drug-likeness (QED) is 0.397. The predicted molar refractivity (Wildman–Crippen MR) is 129 cm³/mol. The van der Waals surface area contributed by atoms with Gasteiger partial charge in [0.15, 0.2) is 5.78 Å². The maximum atomic E-state index is 13.0. The molecule has 1 fully saturated rings. The number of aryl methyl sites for hydroxylation is 3. The van der Waals surface area contributed by atoms with Crippen LogP contribution in [0.1, 0.15) is 69.6 Å². The minimum Gasteiger partial charge on any atom is -0.324 e. The number of hydrogen-bond acceptors (Lipinski definition) is 4. The SMILES string of the molecule is C=C1CCC[C@H](N2Cc3c(csc3CCC(=O)Cc3cc(Cl)c(C)cc3C)C2=O)C(=O)C1. The van der Waals surface area contributed by atoms with Crippen molar-refractivity contribution in [2.75, 3.05) is 0 Å². The highest BCUT2D eigenvalue weighted by atomic mass is 35.5. The van der Waals surface area contributed by atoms with Gasteiger partial charge in [0.05, 0.1) is 11.6 Å². The molecule has 6 heteroatoms. The Morgan fingerprint density at radius 1 is 1.25 bits per heavy atom. The molecule has 1 atom stereocenters. The van der Waals surface area contributed by atoms with Gasteiger partial charge >= 0.3 is 0 Å². The average Bonchev–Trinajstić information content (AvgIpc) is 3.22. The van der Waals surface area contributed by atoms with E-state index in [0.717, 1.165) is 45.5 Å². The normalized spacial score (nSPS) is 18.8. The molecule has 2 heterocycles. The van der Waals surface area contributed by atoms with E-state index in [1.807, 2.05) is 31.4 Å². The number of fused-ring (bicyclic) bond motifs is 1. The summed E-state index contributed by atoms with van der Waals surface area (Å²) < 4.78 is 0. The van der Waals surface area contributed by atoms with Gasteiger partial charge in [0.1, 0.15) is 5.78 Å². The first-order chi connectivity index (χ1) is 15.2. The van der Waals surface area contributed by atoms with Gasteiger partial charge in [0.2, 0.25) is 0 Å². The molecule has 0 saturated heterocycles.